The van der Waals surface area contributed by atoms with E-state index in [0.717, 1.165) is 49.8 Å². The predicted octanol–water partition coefficient (Wildman–Crippen LogP) is 3.71. The van der Waals surface area contributed by atoms with Gasteiger partial charge in [-0.2, -0.15) is 0 Å². The molecule has 1 aliphatic carbocycles. The van der Waals surface area contributed by atoms with E-state index in [4.69, 9.17) is 15.6 Å². The number of Topliss-reactive ketones (excluding diaryl/α,β-unsaturated/α-hetero) is 1. The number of ether oxygens (including phenoxy) is 1. The fourth-order valence-corrected chi connectivity index (χ4v) is 4.16. The van der Waals surface area contributed by atoms with Crippen LogP contribution in [0.2, 0.25) is 0 Å². The van der Waals surface area contributed by atoms with E-state index >= 15 is 0 Å². The number of unbranched alkanes of at least 4 members (excludes halogenated alkanes) is 2. The lowest BCUT2D eigenvalue weighted by atomic mass is 9.93. The molecule has 7 nitrogen and oxygen atoms in total. The number of carboxylic acid groups (broad SMARTS) is 1. The van der Waals surface area contributed by atoms with Crippen molar-refractivity contribution in [2.75, 3.05) is 6.61 Å². The van der Waals surface area contributed by atoms with Crippen molar-refractivity contribution in [3.63, 3.8) is 0 Å². The quantitative estimate of drug-likeness (QED) is 0.312. The molecule has 2 aromatic rings. The molecule has 7 heteroatoms. The van der Waals surface area contributed by atoms with Gasteiger partial charge >= 0.3 is 5.97 Å². The third-order valence-electron chi connectivity index (χ3n) is 5.69. The van der Waals surface area contributed by atoms with Crippen molar-refractivity contribution >= 4 is 23.2 Å². The van der Waals surface area contributed by atoms with Crippen LogP contribution in [0.5, 0.6) is 5.75 Å². The summed E-state index contributed by atoms with van der Waals surface area (Å²) < 4.78 is 7.38. The van der Waals surface area contributed by atoms with Gasteiger partial charge in [-0.1, -0.05) is 39.5 Å². The number of aliphatic carboxylic acids is 1. The normalized spacial score (nSPS) is 14.6. The van der Waals surface area contributed by atoms with Gasteiger partial charge in [0.25, 0.3) is 11.7 Å². The fraction of sp³-hybridized carbons (Fsp3) is 0.522. The Bertz CT molecular complexity index is 958. The van der Waals surface area contributed by atoms with Crippen LogP contribution >= 0.6 is 0 Å². The summed E-state index contributed by atoms with van der Waals surface area (Å²) in [6.07, 6.45) is 9.12. The molecule has 0 bridgehead atoms. The zero-order valence-electron chi connectivity index (χ0n) is 17.6. The minimum atomic E-state index is -1.11. The largest absolute Gasteiger partial charge is 0.480 e. The van der Waals surface area contributed by atoms with E-state index in [1.165, 1.54) is 6.42 Å². The lowest BCUT2D eigenvalue weighted by molar-refractivity contribution is -0.139. The monoisotopic (exact) mass is 414 g/mol. The number of amides is 1. The number of ketones is 1. The summed E-state index contributed by atoms with van der Waals surface area (Å²) in [5, 5.41) is 9.02. The Morgan fingerprint density at radius 3 is 2.63 bits per heavy atom. The Balaban J connectivity index is 2.13. The zero-order chi connectivity index (χ0) is 21.8. The van der Waals surface area contributed by atoms with Crippen LogP contribution in [0.3, 0.4) is 0 Å². The highest BCUT2D eigenvalue weighted by molar-refractivity contribution is 6.44. The van der Waals surface area contributed by atoms with E-state index in [-0.39, 0.29) is 17.2 Å². The fourth-order valence-electron chi connectivity index (χ4n) is 4.16. The van der Waals surface area contributed by atoms with Gasteiger partial charge in [-0.3, -0.25) is 9.59 Å². The molecule has 1 amide bonds. The maximum absolute atomic E-state index is 12.9. The van der Waals surface area contributed by atoms with Crippen molar-refractivity contribution in [1.29, 1.82) is 0 Å². The van der Waals surface area contributed by atoms with E-state index in [2.05, 4.69) is 13.8 Å². The molecule has 30 heavy (non-hydrogen) atoms. The predicted molar refractivity (Wildman–Crippen MR) is 113 cm³/mol. The van der Waals surface area contributed by atoms with Crippen LogP contribution in [-0.4, -0.2) is 33.8 Å². The van der Waals surface area contributed by atoms with Gasteiger partial charge in [0.1, 0.15) is 5.75 Å². The van der Waals surface area contributed by atoms with Crippen LogP contribution < -0.4 is 10.5 Å². The average Bonchev–Trinajstić information content (AvgIpc) is 3.49. The number of nitrogens with zero attached hydrogens (tertiary/aromatic N) is 1. The van der Waals surface area contributed by atoms with Crippen molar-refractivity contribution in [1.82, 2.24) is 4.40 Å². The number of pyridine rings is 1. The Hall–Kier alpha value is -2.83. The molecule has 1 unspecified atom stereocenters. The van der Waals surface area contributed by atoms with E-state index in [1.54, 1.807) is 12.1 Å². The standard InChI is InChI=1S/C23H30N2O5/c1-3-4-5-7-14(2)12-16-19(15-9-10-15)20(22(28)23(24)29)21-17(30-13-18(26)27)8-6-11-25(16)21/h6,8,11,14-15H,3-5,7,9-10,12-13H2,1-2H3,(H2,24,29)(H,26,27). The summed E-state index contributed by atoms with van der Waals surface area (Å²) in [6.45, 7) is 3.85. The molecule has 0 spiro atoms. The zero-order valence-corrected chi connectivity index (χ0v) is 17.6. The van der Waals surface area contributed by atoms with E-state index in [1.807, 2.05) is 10.6 Å². The number of nitrogens with two attached hydrogens (primary N) is 1. The molecule has 0 aliphatic heterocycles. The molecule has 0 radical (unpaired) electrons. The van der Waals surface area contributed by atoms with Gasteiger partial charge in [0.05, 0.1) is 11.1 Å². The Labute approximate surface area is 176 Å². The van der Waals surface area contributed by atoms with Crippen molar-refractivity contribution in [2.24, 2.45) is 11.7 Å². The molecule has 1 fully saturated rings. The first kappa shape index (κ1) is 21.9. The number of hydrogen-bond acceptors (Lipinski definition) is 4. The molecular formula is C23H30N2O5. The molecule has 2 aromatic heterocycles. The van der Waals surface area contributed by atoms with Crippen LogP contribution in [0.25, 0.3) is 5.52 Å². The van der Waals surface area contributed by atoms with Crippen LogP contribution in [-0.2, 0) is 16.0 Å². The summed E-state index contributed by atoms with van der Waals surface area (Å²) in [4.78, 5) is 35.7. The molecule has 0 saturated heterocycles. The summed E-state index contributed by atoms with van der Waals surface area (Å²) in [5.41, 5.74) is 7.99. The molecule has 1 atom stereocenters. The van der Waals surface area contributed by atoms with Gasteiger partial charge in [-0.25, -0.2) is 4.79 Å². The first-order chi connectivity index (χ1) is 14.3. The molecule has 3 rings (SSSR count). The highest BCUT2D eigenvalue weighted by atomic mass is 16.5. The van der Waals surface area contributed by atoms with Crippen LogP contribution in [0, 0.1) is 5.92 Å². The SMILES string of the molecule is CCCCCC(C)Cc1c(C2CC2)c(C(=O)C(N)=O)c2c(OCC(=O)O)cccn12. The Kier molecular flexibility index (Phi) is 6.80. The van der Waals surface area contributed by atoms with Crippen LogP contribution in [0.1, 0.15) is 79.9 Å². The van der Waals surface area contributed by atoms with Gasteiger partial charge in [0, 0.05) is 11.9 Å². The number of carboxylic acids is 1. The highest BCUT2D eigenvalue weighted by Crippen LogP contribution is 2.47. The van der Waals surface area contributed by atoms with Crippen molar-refractivity contribution < 1.29 is 24.2 Å². The topological polar surface area (TPSA) is 111 Å². The van der Waals surface area contributed by atoms with Crippen molar-refractivity contribution in [3.05, 3.63) is 35.2 Å². The summed E-state index contributed by atoms with van der Waals surface area (Å²) in [6, 6.07) is 3.39. The van der Waals surface area contributed by atoms with Crippen LogP contribution in [0.15, 0.2) is 18.3 Å². The number of primary amides is 1. The molecular weight excluding hydrogens is 384 g/mol. The number of fused-ring (bicyclic) bond motifs is 1. The number of carbonyl (C=O) groups excluding carboxylic acids is 2. The number of hydrogen-bond donors (Lipinski definition) is 2. The molecule has 1 aliphatic rings. The van der Waals surface area contributed by atoms with Crippen molar-refractivity contribution in [2.45, 2.75) is 64.7 Å². The van der Waals surface area contributed by atoms with E-state index < -0.39 is 24.3 Å². The molecule has 162 valence electrons. The Morgan fingerprint density at radius 1 is 1.30 bits per heavy atom. The van der Waals surface area contributed by atoms with E-state index in [0.29, 0.717) is 11.4 Å². The summed E-state index contributed by atoms with van der Waals surface area (Å²) in [7, 11) is 0. The molecule has 0 aromatic carbocycles. The summed E-state index contributed by atoms with van der Waals surface area (Å²) in [5.74, 6) is -1.97. The summed E-state index contributed by atoms with van der Waals surface area (Å²) >= 11 is 0. The second-order valence-corrected chi connectivity index (χ2v) is 8.28. The second kappa shape index (κ2) is 9.32. The maximum Gasteiger partial charge on any atom is 0.341 e. The Morgan fingerprint density at radius 2 is 2.03 bits per heavy atom. The van der Waals surface area contributed by atoms with Gasteiger partial charge in [-0.15, -0.1) is 0 Å². The van der Waals surface area contributed by atoms with Crippen LogP contribution in [0.4, 0.5) is 0 Å². The first-order valence-corrected chi connectivity index (χ1v) is 10.7. The highest BCUT2D eigenvalue weighted by Gasteiger charge is 2.37. The second-order valence-electron chi connectivity index (χ2n) is 8.28. The third kappa shape index (κ3) is 4.66. The van der Waals surface area contributed by atoms with Gasteiger partial charge < -0.3 is 20.0 Å². The van der Waals surface area contributed by atoms with E-state index in [9.17, 15) is 14.4 Å². The average molecular weight is 415 g/mol. The number of aromatic nitrogens is 1. The minimum absolute atomic E-state index is 0.216. The first-order valence-electron chi connectivity index (χ1n) is 10.7. The number of rotatable bonds is 12. The lowest BCUT2D eigenvalue weighted by Gasteiger charge is -2.14. The molecule has 2 heterocycles. The third-order valence-corrected chi connectivity index (χ3v) is 5.69. The molecule has 1 saturated carbocycles. The van der Waals surface area contributed by atoms with Gasteiger partial charge in [0.15, 0.2) is 6.61 Å². The molecule has 3 N–H and O–H groups in total. The van der Waals surface area contributed by atoms with Gasteiger partial charge in [0.2, 0.25) is 0 Å². The maximum atomic E-state index is 12.9. The van der Waals surface area contributed by atoms with Crippen molar-refractivity contribution in [3.8, 4) is 5.75 Å². The lowest BCUT2D eigenvalue weighted by Crippen LogP contribution is -2.24. The minimum Gasteiger partial charge on any atom is -0.480 e. The van der Waals surface area contributed by atoms with Gasteiger partial charge in [-0.05, 0) is 48.8 Å². The smallest absolute Gasteiger partial charge is 0.341 e. The number of carbonyl (C=O) groups is 3.